The first-order valence-corrected chi connectivity index (χ1v) is 4.90. The highest BCUT2D eigenvalue weighted by atomic mass is 15.5. The number of hydrazine groups is 1. The Balaban J connectivity index is 2.27. The number of aromatic amines is 2. The molecule has 0 spiro atoms. The van der Waals surface area contributed by atoms with Crippen LogP contribution in [-0.2, 0) is 0 Å². The second-order valence-corrected chi connectivity index (χ2v) is 3.47. The Morgan fingerprint density at radius 2 is 2.35 bits per heavy atom. The monoisotopic (exact) mass is 230 g/mol. The number of imidazole rings is 1. The van der Waals surface area contributed by atoms with Crippen LogP contribution in [0.5, 0.6) is 0 Å². The van der Waals surface area contributed by atoms with Gasteiger partial charge in [0.1, 0.15) is 11.2 Å². The van der Waals surface area contributed by atoms with Gasteiger partial charge in [-0.1, -0.05) is 0 Å². The minimum Gasteiger partial charge on any atom is -0.379 e. The number of aromatic nitrogens is 4. The van der Waals surface area contributed by atoms with Crippen LogP contribution >= 0.6 is 0 Å². The van der Waals surface area contributed by atoms with Crippen molar-refractivity contribution < 1.29 is 0 Å². The molecule has 0 fully saturated rings. The molecule has 7 N–H and O–H groups in total. The van der Waals surface area contributed by atoms with E-state index in [1.54, 1.807) is 6.20 Å². The zero-order valence-corrected chi connectivity index (χ0v) is 8.73. The van der Waals surface area contributed by atoms with Gasteiger partial charge in [0.25, 0.3) is 0 Å². The number of hydrazone groups is 1. The van der Waals surface area contributed by atoms with Crippen LogP contribution in [0.25, 0.3) is 22.1 Å². The highest BCUT2D eigenvalue weighted by molar-refractivity contribution is 6.04. The van der Waals surface area contributed by atoms with Crippen molar-refractivity contribution in [2.45, 2.75) is 0 Å². The zero-order chi connectivity index (χ0) is 11.8. The number of nitrogens with zero attached hydrogens (tertiary/aromatic N) is 3. The van der Waals surface area contributed by atoms with Crippen LogP contribution in [0.3, 0.4) is 0 Å². The van der Waals surface area contributed by atoms with E-state index in [-0.39, 0.29) is 5.84 Å². The fraction of sp³-hybridized carbons (Fsp3) is 0. The molecule has 0 aromatic carbocycles. The molecule has 86 valence electrons. The van der Waals surface area contributed by atoms with E-state index in [4.69, 9.17) is 11.6 Å². The molecule has 0 aliphatic rings. The smallest absolute Gasteiger partial charge is 0.188 e. The van der Waals surface area contributed by atoms with Gasteiger partial charge in [0.05, 0.1) is 11.7 Å². The van der Waals surface area contributed by atoms with Crippen molar-refractivity contribution >= 4 is 27.9 Å². The number of pyridine rings is 1. The maximum absolute atomic E-state index is 5.67. The summed E-state index contributed by atoms with van der Waals surface area (Å²) in [5.74, 6) is 5.70. The molecule has 3 rings (SSSR count). The third kappa shape index (κ3) is 1.39. The fourth-order valence-corrected chi connectivity index (χ4v) is 1.72. The van der Waals surface area contributed by atoms with E-state index in [1.807, 2.05) is 12.3 Å². The first kappa shape index (κ1) is 9.60. The van der Waals surface area contributed by atoms with Crippen LogP contribution in [0.15, 0.2) is 23.6 Å². The molecule has 0 aliphatic heterocycles. The summed E-state index contributed by atoms with van der Waals surface area (Å²) in [6.45, 7) is 0. The minimum atomic E-state index is 0.187. The molecule has 3 aromatic heterocycles. The van der Waals surface area contributed by atoms with Crippen LogP contribution in [0.2, 0.25) is 0 Å². The van der Waals surface area contributed by atoms with Crippen LogP contribution in [0, 0.1) is 0 Å². The highest BCUT2D eigenvalue weighted by Gasteiger charge is 2.10. The summed E-state index contributed by atoms with van der Waals surface area (Å²) in [5.41, 5.74) is 10.2. The second kappa shape index (κ2) is 3.46. The van der Waals surface area contributed by atoms with Gasteiger partial charge < -0.3 is 15.7 Å². The number of H-pyrrole nitrogens is 2. The van der Waals surface area contributed by atoms with E-state index in [0.29, 0.717) is 5.82 Å². The van der Waals surface area contributed by atoms with Gasteiger partial charge in [0.2, 0.25) is 0 Å². The molecule has 0 atom stereocenters. The Morgan fingerprint density at radius 1 is 1.47 bits per heavy atom. The zero-order valence-electron chi connectivity index (χ0n) is 8.73. The first-order chi connectivity index (χ1) is 8.29. The standard InChI is InChI=1S/C9H10N8/c10-7(16-17-11)9-14-5-3-13-8-4(1-2-12-8)6(5)15-9/h1-3,17H,11H2,(H2,10,16)(H,12,13)(H,14,15). The predicted octanol–water partition coefficient (Wildman–Crippen LogP) is -0.477. The second-order valence-electron chi connectivity index (χ2n) is 3.47. The number of rotatable bonds is 2. The van der Waals surface area contributed by atoms with Crippen molar-refractivity contribution in [3.8, 4) is 0 Å². The van der Waals surface area contributed by atoms with E-state index in [2.05, 4.69) is 30.6 Å². The van der Waals surface area contributed by atoms with Crippen molar-refractivity contribution in [2.24, 2.45) is 16.7 Å². The number of fused-ring (bicyclic) bond motifs is 3. The molecular weight excluding hydrogens is 220 g/mol. The Labute approximate surface area is 95.1 Å². The van der Waals surface area contributed by atoms with Gasteiger partial charge in [-0.05, 0) is 6.07 Å². The maximum atomic E-state index is 5.67. The molecule has 0 saturated carbocycles. The Morgan fingerprint density at radius 3 is 3.18 bits per heavy atom. The SMILES string of the molecule is NN/N=C(\N)c1nc2c(cnc3[nH]ccc32)[nH]1. The lowest BCUT2D eigenvalue weighted by molar-refractivity contribution is 0.802. The maximum Gasteiger partial charge on any atom is 0.188 e. The van der Waals surface area contributed by atoms with Gasteiger partial charge in [-0.3, -0.25) is 0 Å². The molecule has 3 heterocycles. The van der Waals surface area contributed by atoms with E-state index in [1.165, 1.54) is 0 Å². The quantitative estimate of drug-likeness (QED) is 0.175. The third-order valence-electron chi connectivity index (χ3n) is 2.46. The van der Waals surface area contributed by atoms with Crippen molar-refractivity contribution in [3.05, 3.63) is 24.3 Å². The number of hydrogen-bond acceptors (Lipinski definition) is 5. The summed E-state index contributed by atoms with van der Waals surface area (Å²) in [7, 11) is 0. The van der Waals surface area contributed by atoms with E-state index < -0.39 is 0 Å². The molecule has 3 aromatic rings. The van der Waals surface area contributed by atoms with Gasteiger partial charge in [0.15, 0.2) is 11.7 Å². The molecule has 0 aliphatic carbocycles. The van der Waals surface area contributed by atoms with Crippen molar-refractivity contribution in [1.82, 2.24) is 25.5 Å². The molecule has 0 amide bonds. The molecule has 8 nitrogen and oxygen atoms in total. The largest absolute Gasteiger partial charge is 0.379 e. The number of nitrogens with one attached hydrogen (secondary N) is 3. The molecule has 0 radical (unpaired) electrons. The first-order valence-electron chi connectivity index (χ1n) is 4.90. The average Bonchev–Trinajstić information content (AvgIpc) is 2.94. The fourth-order valence-electron chi connectivity index (χ4n) is 1.72. The summed E-state index contributed by atoms with van der Waals surface area (Å²) in [5, 5.41) is 4.59. The van der Waals surface area contributed by atoms with Crippen molar-refractivity contribution in [3.63, 3.8) is 0 Å². The third-order valence-corrected chi connectivity index (χ3v) is 2.46. The Hall–Kier alpha value is -2.61. The number of amidine groups is 1. The number of hydrogen-bond donors (Lipinski definition) is 5. The normalized spacial score (nSPS) is 12.4. The lowest BCUT2D eigenvalue weighted by atomic mass is 10.3. The molecule has 8 heteroatoms. The van der Waals surface area contributed by atoms with Crippen LogP contribution in [0.4, 0.5) is 0 Å². The van der Waals surface area contributed by atoms with Gasteiger partial charge in [-0.2, -0.15) is 0 Å². The summed E-state index contributed by atoms with van der Waals surface area (Å²) in [6, 6.07) is 1.91. The molecule has 0 saturated heterocycles. The minimum absolute atomic E-state index is 0.187. The molecule has 17 heavy (non-hydrogen) atoms. The predicted molar refractivity (Wildman–Crippen MR) is 63.8 cm³/mol. The van der Waals surface area contributed by atoms with Gasteiger partial charge in [0, 0.05) is 11.6 Å². The summed E-state index contributed by atoms with van der Waals surface area (Å²) in [6.07, 6.45) is 3.50. The van der Waals surface area contributed by atoms with E-state index in [0.717, 1.165) is 22.1 Å². The lowest BCUT2D eigenvalue weighted by Gasteiger charge is -1.92. The Bertz CT molecular complexity index is 706. The van der Waals surface area contributed by atoms with Gasteiger partial charge in [-0.15, -0.1) is 5.10 Å². The number of nitrogens with two attached hydrogens (primary N) is 2. The average molecular weight is 230 g/mol. The van der Waals surface area contributed by atoms with Crippen LogP contribution < -0.4 is 17.1 Å². The van der Waals surface area contributed by atoms with Gasteiger partial charge in [-0.25, -0.2) is 21.3 Å². The van der Waals surface area contributed by atoms with E-state index >= 15 is 0 Å². The molecular formula is C9H10N8. The van der Waals surface area contributed by atoms with Crippen LogP contribution in [0.1, 0.15) is 5.82 Å². The molecule has 0 unspecified atom stereocenters. The molecule has 0 bridgehead atoms. The van der Waals surface area contributed by atoms with Crippen molar-refractivity contribution in [1.29, 1.82) is 0 Å². The summed E-state index contributed by atoms with van der Waals surface area (Å²) >= 11 is 0. The van der Waals surface area contributed by atoms with Crippen molar-refractivity contribution in [2.75, 3.05) is 0 Å². The van der Waals surface area contributed by atoms with E-state index in [9.17, 15) is 0 Å². The van der Waals surface area contributed by atoms with Gasteiger partial charge >= 0.3 is 0 Å². The summed E-state index contributed by atoms with van der Waals surface area (Å²) in [4.78, 5) is 14.6. The van der Waals surface area contributed by atoms with Crippen LogP contribution in [-0.4, -0.2) is 25.8 Å². The topological polar surface area (TPSA) is 134 Å². The lowest BCUT2D eigenvalue weighted by Crippen LogP contribution is -2.23. The highest BCUT2D eigenvalue weighted by Crippen LogP contribution is 2.20. The summed E-state index contributed by atoms with van der Waals surface area (Å²) < 4.78 is 0. The Kier molecular flexibility index (Phi) is 1.95.